The second-order valence-electron chi connectivity index (χ2n) is 9.23. The summed E-state index contributed by atoms with van der Waals surface area (Å²) in [6, 6.07) is 12.0. The normalized spacial score (nSPS) is 25.8. The van der Waals surface area contributed by atoms with E-state index in [0.717, 1.165) is 29.7 Å². The first-order chi connectivity index (χ1) is 15.7. The molecule has 0 radical (unpaired) electrons. The Labute approximate surface area is 193 Å². The van der Waals surface area contributed by atoms with Gasteiger partial charge in [0.1, 0.15) is 11.6 Å². The van der Waals surface area contributed by atoms with Crippen LogP contribution < -0.4 is 9.04 Å². The van der Waals surface area contributed by atoms with Crippen LogP contribution in [0.4, 0.5) is 10.1 Å². The number of nitrogens with one attached hydrogen (secondary N) is 1. The van der Waals surface area contributed by atoms with Gasteiger partial charge in [0.25, 0.3) is 0 Å². The summed E-state index contributed by atoms with van der Waals surface area (Å²) in [5.74, 6) is 0.381. The number of likely N-dealkylation sites (tertiary alicyclic amines) is 1. The molecule has 2 aromatic carbocycles. The molecule has 5 rings (SSSR count). The number of rotatable bonds is 4. The molecule has 2 fully saturated rings. The van der Waals surface area contributed by atoms with E-state index in [1.54, 1.807) is 26.3 Å². The molecule has 1 aromatic heterocycles. The molecule has 3 heterocycles. The quantitative estimate of drug-likeness (QED) is 0.628. The van der Waals surface area contributed by atoms with E-state index in [2.05, 4.69) is 16.8 Å². The number of fused-ring (bicyclic) bond motifs is 1. The zero-order valence-corrected chi connectivity index (χ0v) is 19.9. The largest absolute Gasteiger partial charge is 0.497 e. The average Bonchev–Trinajstić information content (AvgIpc) is 3.25. The van der Waals surface area contributed by atoms with E-state index in [-0.39, 0.29) is 6.04 Å². The number of benzene rings is 2. The molecule has 2 atom stereocenters. The highest BCUT2D eigenvalue weighted by Crippen LogP contribution is 2.44. The molecule has 1 spiro atoms. The van der Waals surface area contributed by atoms with E-state index in [0.29, 0.717) is 25.1 Å². The van der Waals surface area contributed by atoms with Crippen LogP contribution in [-0.4, -0.2) is 61.4 Å². The molecule has 0 saturated carbocycles. The van der Waals surface area contributed by atoms with Gasteiger partial charge in [0.2, 0.25) is 0 Å². The van der Waals surface area contributed by atoms with Crippen molar-refractivity contribution in [2.24, 2.45) is 0 Å². The first-order valence-corrected chi connectivity index (χ1v) is 12.5. The molecule has 2 aliphatic heterocycles. The standard InChI is InChI=1S/C24H29FN4O3S/c1-17-13-24(16-27(2)33(30,31)29(24)20-6-4-5-19(25)11-20)9-10-28(17)15-18-14-26-23-8-7-21(32-3)12-22(18)23/h4-8,11-12,14,17,26H,9-10,13,15-16H2,1-3H3/t17-,24+/m0/s1. The molecule has 7 nitrogen and oxygen atoms in total. The third-order valence-electron chi connectivity index (χ3n) is 7.13. The lowest BCUT2D eigenvalue weighted by Gasteiger charge is -2.47. The Morgan fingerprint density at radius 2 is 2.06 bits per heavy atom. The van der Waals surface area contributed by atoms with Gasteiger partial charge in [-0.05, 0) is 61.7 Å². The van der Waals surface area contributed by atoms with Crippen LogP contribution in [0.15, 0.2) is 48.7 Å². The van der Waals surface area contributed by atoms with Crippen molar-refractivity contribution in [1.29, 1.82) is 0 Å². The number of likely N-dealkylation sites (N-methyl/N-ethyl adjacent to an activating group) is 1. The lowest BCUT2D eigenvalue weighted by molar-refractivity contribution is 0.101. The maximum absolute atomic E-state index is 14.0. The molecule has 33 heavy (non-hydrogen) atoms. The summed E-state index contributed by atoms with van der Waals surface area (Å²) in [5, 5.41) is 1.13. The number of hydrogen-bond acceptors (Lipinski definition) is 4. The molecule has 2 aliphatic rings. The molecule has 176 valence electrons. The Morgan fingerprint density at radius 1 is 1.24 bits per heavy atom. The van der Waals surface area contributed by atoms with Crippen molar-refractivity contribution in [1.82, 2.24) is 14.2 Å². The van der Waals surface area contributed by atoms with E-state index in [1.165, 1.54) is 26.3 Å². The molecule has 3 aromatic rings. The minimum absolute atomic E-state index is 0.145. The zero-order chi connectivity index (χ0) is 23.4. The van der Waals surface area contributed by atoms with E-state index >= 15 is 0 Å². The van der Waals surface area contributed by atoms with Crippen LogP contribution in [0, 0.1) is 5.82 Å². The van der Waals surface area contributed by atoms with Gasteiger partial charge >= 0.3 is 10.2 Å². The third kappa shape index (κ3) is 3.68. The van der Waals surface area contributed by atoms with Crippen LogP contribution in [0.25, 0.3) is 10.9 Å². The van der Waals surface area contributed by atoms with Gasteiger partial charge in [-0.1, -0.05) is 6.07 Å². The number of ether oxygens (including phenoxy) is 1. The zero-order valence-electron chi connectivity index (χ0n) is 19.1. The fourth-order valence-electron chi connectivity index (χ4n) is 5.50. The number of aromatic amines is 1. The monoisotopic (exact) mass is 472 g/mol. The summed E-state index contributed by atoms with van der Waals surface area (Å²) in [7, 11) is -0.441. The van der Waals surface area contributed by atoms with E-state index in [1.807, 2.05) is 24.4 Å². The molecule has 0 aliphatic carbocycles. The highest BCUT2D eigenvalue weighted by atomic mass is 32.2. The van der Waals surface area contributed by atoms with Crippen LogP contribution in [0.3, 0.4) is 0 Å². The molecule has 0 bridgehead atoms. The molecule has 0 unspecified atom stereocenters. The Hall–Kier alpha value is -2.62. The summed E-state index contributed by atoms with van der Waals surface area (Å²) in [4.78, 5) is 5.72. The maximum atomic E-state index is 14.0. The second-order valence-corrected chi connectivity index (χ2v) is 11.1. The lowest BCUT2D eigenvalue weighted by Crippen LogP contribution is -2.57. The van der Waals surface area contributed by atoms with E-state index < -0.39 is 21.6 Å². The Morgan fingerprint density at radius 3 is 2.79 bits per heavy atom. The predicted octanol–water partition coefficient (Wildman–Crippen LogP) is 3.74. The Bertz CT molecular complexity index is 1290. The topological polar surface area (TPSA) is 68.9 Å². The van der Waals surface area contributed by atoms with Gasteiger partial charge in [-0.3, -0.25) is 9.21 Å². The lowest BCUT2D eigenvalue weighted by atomic mass is 9.82. The average molecular weight is 473 g/mol. The predicted molar refractivity (Wildman–Crippen MR) is 127 cm³/mol. The second kappa shape index (κ2) is 8.00. The van der Waals surface area contributed by atoms with Gasteiger partial charge < -0.3 is 9.72 Å². The van der Waals surface area contributed by atoms with Gasteiger partial charge in [-0.2, -0.15) is 12.7 Å². The van der Waals surface area contributed by atoms with E-state index in [4.69, 9.17) is 4.74 Å². The van der Waals surface area contributed by atoms with Gasteiger partial charge in [0.05, 0.1) is 18.3 Å². The Kier molecular flexibility index (Phi) is 5.38. The fraction of sp³-hybridized carbons (Fsp3) is 0.417. The number of H-pyrrole nitrogens is 1. The van der Waals surface area contributed by atoms with Crippen molar-refractivity contribution in [3.05, 3.63) is 60.0 Å². The number of halogens is 1. The summed E-state index contributed by atoms with van der Waals surface area (Å²) in [6.07, 6.45) is 3.37. The molecule has 2 saturated heterocycles. The first-order valence-electron chi connectivity index (χ1n) is 11.1. The summed E-state index contributed by atoms with van der Waals surface area (Å²) < 4.78 is 48.7. The van der Waals surface area contributed by atoms with Crippen molar-refractivity contribution in [3.8, 4) is 5.75 Å². The van der Waals surface area contributed by atoms with Crippen LogP contribution in [0.2, 0.25) is 0 Å². The third-order valence-corrected chi connectivity index (χ3v) is 9.10. The number of anilines is 1. The van der Waals surface area contributed by atoms with Crippen molar-refractivity contribution in [2.75, 3.05) is 31.6 Å². The molecule has 9 heteroatoms. The number of hydrogen-bond donors (Lipinski definition) is 1. The van der Waals surface area contributed by atoms with Crippen LogP contribution in [0.1, 0.15) is 25.3 Å². The first kappa shape index (κ1) is 22.2. The maximum Gasteiger partial charge on any atom is 0.304 e. The van der Waals surface area contributed by atoms with E-state index in [9.17, 15) is 12.8 Å². The SMILES string of the molecule is COc1ccc2[nH]cc(CN3CC[C@@]4(C[C@@H]3C)CN(C)S(=O)(=O)N4c3cccc(F)c3)c2c1. The summed E-state index contributed by atoms with van der Waals surface area (Å²) in [5.41, 5.74) is 2.04. The van der Waals surface area contributed by atoms with Crippen molar-refractivity contribution in [3.63, 3.8) is 0 Å². The Balaban J connectivity index is 1.42. The van der Waals surface area contributed by atoms with Gasteiger partial charge in [0, 0.05) is 49.8 Å². The number of aromatic nitrogens is 1. The minimum atomic E-state index is -3.71. The van der Waals surface area contributed by atoms with Crippen molar-refractivity contribution in [2.45, 2.75) is 37.9 Å². The molecular formula is C24H29FN4O3S. The highest BCUT2D eigenvalue weighted by molar-refractivity contribution is 7.90. The minimum Gasteiger partial charge on any atom is -0.497 e. The smallest absolute Gasteiger partial charge is 0.304 e. The van der Waals surface area contributed by atoms with Gasteiger partial charge in [-0.15, -0.1) is 0 Å². The van der Waals surface area contributed by atoms with Crippen LogP contribution >= 0.6 is 0 Å². The van der Waals surface area contributed by atoms with Crippen molar-refractivity contribution < 1.29 is 17.5 Å². The molecule has 1 N–H and O–H groups in total. The van der Waals surface area contributed by atoms with Crippen LogP contribution in [-0.2, 0) is 16.8 Å². The highest BCUT2D eigenvalue weighted by Gasteiger charge is 2.55. The van der Waals surface area contributed by atoms with Crippen molar-refractivity contribution >= 4 is 26.8 Å². The molecule has 0 amide bonds. The fourth-order valence-corrected chi connectivity index (χ4v) is 7.28. The number of piperidine rings is 1. The number of nitrogens with zero attached hydrogens (tertiary/aromatic N) is 3. The van der Waals surface area contributed by atoms with Gasteiger partial charge in [-0.25, -0.2) is 4.39 Å². The van der Waals surface area contributed by atoms with Crippen LogP contribution in [0.5, 0.6) is 5.75 Å². The molecular weight excluding hydrogens is 443 g/mol. The number of methoxy groups -OCH3 is 1. The van der Waals surface area contributed by atoms with Gasteiger partial charge in [0.15, 0.2) is 0 Å². The summed E-state index contributed by atoms with van der Waals surface area (Å²) >= 11 is 0. The summed E-state index contributed by atoms with van der Waals surface area (Å²) in [6.45, 7) is 4.04.